The van der Waals surface area contributed by atoms with E-state index in [-0.39, 0.29) is 5.95 Å². The molecule has 1 heterocycles. The Morgan fingerprint density at radius 2 is 1.73 bits per heavy atom. The van der Waals surface area contributed by atoms with E-state index in [1.54, 1.807) is 25.4 Å². The van der Waals surface area contributed by atoms with Gasteiger partial charge < -0.3 is 10.1 Å². The number of benzene rings is 1. The smallest absolute Gasteiger partial charge is 0.324 e. The molecule has 0 aliphatic heterocycles. The molecule has 6 heteroatoms. The summed E-state index contributed by atoms with van der Waals surface area (Å²) >= 11 is 0. The van der Waals surface area contributed by atoms with Gasteiger partial charge in [0.1, 0.15) is 5.75 Å². The third-order valence-electron chi connectivity index (χ3n) is 2.99. The Kier molecular flexibility index (Phi) is 5.30. The maximum Gasteiger partial charge on any atom is 0.324 e. The lowest BCUT2D eigenvalue weighted by molar-refractivity contribution is 0.183. The molecule has 6 nitrogen and oxygen atoms in total. The van der Waals surface area contributed by atoms with Crippen molar-refractivity contribution in [3.8, 4) is 5.75 Å². The van der Waals surface area contributed by atoms with E-state index in [0.717, 1.165) is 0 Å². The molecule has 0 spiro atoms. The van der Waals surface area contributed by atoms with Crippen molar-refractivity contribution in [3.63, 3.8) is 0 Å². The van der Waals surface area contributed by atoms with Crippen molar-refractivity contribution in [3.05, 3.63) is 48.3 Å². The van der Waals surface area contributed by atoms with Gasteiger partial charge in [0.15, 0.2) is 6.23 Å². The first-order chi connectivity index (χ1) is 10.5. The standard InChI is InChI=1S/C16H20N4O2/c1-11(2)13-5-7-14(8-6-13)22-12(3)19-16(21)20-15-17-9-4-10-18-15/h4-12H,1-3H3,(H2,17,18,19,20,21). The fraction of sp³-hybridized carbons (Fsp3) is 0.312. The van der Waals surface area contributed by atoms with E-state index in [1.165, 1.54) is 5.56 Å². The second kappa shape index (κ2) is 7.40. The minimum absolute atomic E-state index is 0.244. The Labute approximate surface area is 129 Å². The highest BCUT2D eigenvalue weighted by molar-refractivity contribution is 5.87. The van der Waals surface area contributed by atoms with Crippen molar-refractivity contribution < 1.29 is 9.53 Å². The highest BCUT2D eigenvalue weighted by Gasteiger charge is 2.09. The maximum absolute atomic E-state index is 11.8. The molecule has 0 aliphatic carbocycles. The summed E-state index contributed by atoms with van der Waals surface area (Å²) in [5, 5.41) is 5.19. The molecule has 0 fully saturated rings. The minimum Gasteiger partial charge on any atom is -0.471 e. The molecule has 22 heavy (non-hydrogen) atoms. The van der Waals surface area contributed by atoms with Crippen molar-refractivity contribution in [2.24, 2.45) is 0 Å². The average Bonchev–Trinajstić information content (AvgIpc) is 2.48. The first kappa shape index (κ1) is 15.8. The number of aromatic nitrogens is 2. The SMILES string of the molecule is CC(NC(=O)Nc1ncccn1)Oc1ccc(C(C)C)cc1. The molecule has 0 saturated heterocycles. The number of nitrogens with one attached hydrogen (secondary N) is 2. The van der Waals surface area contributed by atoms with Crippen LogP contribution in [0.1, 0.15) is 32.3 Å². The van der Waals surface area contributed by atoms with E-state index in [9.17, 15) is 4.79 Å². The molecule has 1 aromatic carbocycles. The van der Waals surface area contributed by atoms with Crippen LogP contribution in [-0.2, 0) is 0 Å². The van der Waals surface area contributed by atoms with Crippen molar-refractivity contribution in [1.29, 1.82) is 0 Å². The summed E-state index contributed by atoms with van der Waals surface area (Å²) in [6.07, 6.45) is 2.63. The highest BCUT2D eigenvalue weighted by atomic mass is 16.5. The summed E-state index contributed by atoms with van der Waals surface area (Å²) in [5.41, 5.74) is 1.24. The Balaban J connectivity index is 1.84. The second-order valence-electron chi connectivity index (χ2n) is 5.15. The highest BCUT2D eigenvalue weighted by Crippen LogP contribution is 2.19. The molecular formula is C16H20N4O2. The Hall–Kier alpha value is -2.63. The maximum atomic E-state index is 11.8. The molecule has 2 aromatic rings. The first-order valence-corrected chi connectivity index (χ1v) is 7.15. The molecule has 1 atom stereocenters. The number of ether oxygens (including phenoxy) is 1. The Morgan fingerprint density at radius 1 is 1.09 bits per heavy atom. The van der Waals surface area contributed by atoms with Crippen LogP contribution in [0.2, 0.25) is 0 Å². The van der Waals surface area contributed by atoms with Crippen LogP contribution >= 0.6 is 0 Å². The van der Waals surface area contributed by atoms with Crippen molar-refractivity contribution >= 4 is 12.0 Å². The van der Waals surface area contributed by atoms with Gasteiger partial charge in [0.05, 0.1) is 0 Å². The lowest BCUT2D eigenvalue weighted by Gasteiger charge is -2.17. The molecule has 2 N–H and O–H groups in total. The number of carbonyl (C=O) groups is 1. The van der Waals surface area contributed by atoms with E-state index in [0.29, 0.717) is 11.7 Å². The molecule has 116 valence electrons. The number of hydrogen-bond donors (Lipinski definition) is 2. The lowest BCUT2D eigenvalue weighted by atomic mass is 10.0. The normalized spacial score (nSPS) is 11.8. The molecule has 0 saturated carbocycles. The molecule has 0 radical (unpaired) electrons. The summed E-state index contributed by atoms with van der Waals surface area (Å²) < 4.78 is 5.64. The number of anilines is 1. The fourth-order valence-corrected chi connectivity index (χ4v) is 1.85. The molecule has 2 amide bonds. The van der Waals surface area contributed by atoms with E-state index < -0.39 is 12.3 Å². The van der Waals surface area contributed by atoms with Crippen LogP contribution in [0.15, 0.2) is 42.7 Å². The minimum atomic E-state index is -0.478. The molecule has 2 rings (SSSR count). The van der Waals surface area contributed by atoms with Gasteiger partial charge in [0.2, 0.25) is 5.95 Å². The zero-order valence-electron chi connectivity index (χ0n) is 12.9. The molecule has 1 aromatic heterocycles. The third kappa shape index (κ3) is 4.73. The topological polar surface area (TPSA) is 76.1 Å². The summed E-state index contributed by atoms with van der Waals surface area (Å²) in [6.45, 7) is 6.02. The Bertz CT molecular complexity index is 599. The number of nitrogens with zero attached hydrogens (tertiary/aromatic N) is 2. The van der Waals surface area contributed by atoms with E-state index in [4.69, 9.17) is 4.74 Å². The number of rotatable bonds is 5. The predicted octanol–water partition coefficient (Wildman–Crippen LogP) is 3.15. The van der Waals surface area contributed by atoms with Gasteiger partial charge in [-0.3, -0.25) is 5.32 Å². The van der Waals surface area contributed by atoms with Crippen LogP contribution in [0, 0.1) is 0 Å². The van der Waals surface area contributed by atoms with Gasteiger partial charge in [-0.25, -0.2) is 14.8 Å². The van der Waals surface area contributed by atoms with E-state index in [1.807, 2.05) is 24.3 Å². The largest absolute Gasteiger partial charge is 0.471 e. The van der Waals surface area contributed by atoms with Gasteiger partial charge in [0.25, 0.3) is 0 Å². The van der Waals surface area contributed by atoms with E-state index >= 15 is 0 Å². The summed E-state index contributed by atoms with van der Waals surface area (Å²) in [7, 11) is 0. The van der Waals surface area contributed by atoms with Gasteiger partial charge >= 0.3 is 6.03 Å². The van der Waals surface area contributed by atoms with Crippen LogP contribution in [0.4, 0.5) is 10.7 Å². The summed E-state index contributed by atoms with van der Waals surface area (Å²) in [5.74, 6) is 1.42. The van der Waals surface area contributed by atoms with Gasteiger partial charge in [0, 0.05) is 12.4 Å². The van der Waals surface area contributed by atoms with Gasteiger partial charge in [-0.2, -0.15) is 0 Å². The predicted molar refractivity (Wildman–Crippen MR) is 84.8 cm³/mol. The monoisotopic (exact) mass is 300 g/mol. The Morgan fingerprint density at radius 3 is 2.32 bits per heavy atom. The summed E-state index contributed by atoms with van der Waals surface area (Å²) in [6, 6.07) is 9.08. The van der Waals surface area contributed by atoms with E-state index in [2.05, 4.69) is 34.4 Å². The quantitative estimate of drug-likeness (QED) is 0.832. The second-order valence-corrected chi connectivity index (χ2v) is 5.15. The van der Waals surface area contributed by atoms with Crippen LogP contribution in [0.5, 0.6) is 5.75 Å². The van der Waals surface area contributed by atoms with Crippen molar-refractivity contribution in [2.45, 2.75) is 32.9 Å². The first-order valence-electron chi connectivity index (χ1n) is 7.15. The molecule has 1 unspecified atom stereocenters. The number of amides is 2. The van der Waals surface area contributed by atoms with Gasteiger partial charge in [-0.15, -0.1) is 0 Å². The summed E-state index contributed by atoms with van der Waals surface area (Å²) in [4.78, 5) is 19.6. The van der Waals surface area contributed by atoms with Crippen LogP contribution in [0.25, 0.3) is 0 Å². The number of urea groups is 1. The molecule has 0 bridgehead atoms. The number of hydrogen-bond acceptors (Lipinski definition) is 4. The third-order valence-corrected chi connectivity index (χ3v) is 2.99. The molecular weight excluding hydrogens is 280 g/mol. The van der Waals surface area contributed by atoms with Gasteiger partial charge in [-0.05, 0) is 36.6 Å². The molecule has 0 aliphatic rings. The average molecular weight is 300 g/mol. The lowest BCUT2D eigenvalue weighted by Crippen LogP contribution is -2.39. The van der Waals surface area contributed by atoms with Crippen molar-refractivity contribution in [2.75, 3.05) is 5.32 Å². The zero-order chi connectivity index (χ0) is 15.9. The van der Waals surface area contributed by atoms with Crippen LogP contribution < -0.4 is 15.4 Å². The zero-order valence-corrected chi connectivity index (χ0v) is 12.9. The van der Waals surface area contributed by atoms with Gasteiger partial charge in [-0.1, -0.05) is 26.0 Å². The van der Waals surface area contributed by atoms with Crippen LogP contribution in [-0.4, -0.2) is 22.2 Å². The van der Waals surface area contributed by atoms with Crippen LogP contribution in [0.3, 0.4) is 0 Å². The fourth-order valence-electron chi connectivity index (χ4n) is 1.85. The van der Waals surface area contributed by atoms with Crippen molar-refractivity contribution in [1.82, 2.24) is 15.3 Å². The number of carbonyl (C=O) groups excluding carboxylic acids is 1.